The van der Waals surface area contributed by atoms with Crippen molar-refractivity contribution in [2.24, 2.45) is 0 Å². The number of rotatable bonds is 4. The average molecular weight is 305 g/mol. The minimum absolute atomic E-state index is 1.07. The Morgan fingerprint density at radius 2 is 2.58 bits per heavy atom. The lowest BCUT2D eigenvalue weighted by Crippen LogP contribution is -2.34. The SMILES string of the molecule is [2H]c1c([2H])c([C@]2([2H])C([2H])([2H])N(C([2H])([2H])C([2H])([2H])C([2H])([2H])[2H])C([2H])([2H])C([2H])([2H])C2([2H])[2H])c([2H])c(S(=O)(=O)C([2H])([2H])[2H])c1[2H]. The highest BCUT2D eigenvalue weighted by Gasteiger charge is 2.21. The quantitative estimate of drug-likeness (QED) is 0.858. The molecule has 0 radical (unpaired) electrons. The van der Waals surface area contributed by atoms with Crippen molar-refractivity contribution in [1.29, 1.82) is 0 Å². The lowest BCUT2D eigenvalue weighted by Gasteiger charge is -2.32. The molecule has 1 saturated heterocycles. The monoisotopic (exact) mass is 304 g/mol. The van der Waals surface area contributed by atoms with E-state index in [1.807, 2.05) is 0 Å². The molecule has 19 heavy (non-hydrogen) atoms. The van der Waals surface area contributed by atoms with Crippen molar-refractivity contribution < 1.29 is 39.9 Å². The topological polar surface area (TPSA) is 37.4 Å². The first-order valence-electron chi connectivity index (χ1n) is 16.2. The zero-order valence-electron chi connectivity index (χ0n) is 32.2. The molecule has 1 aliphatic rings. The number of hydrogen-bond donors (Lipinski definition) is 0. The van der Waals surface area contributed by atoms with Crippen LogP contribution in [0.15, 0.2) is 29.1 Å². The van der Waals surface area contributed by atoms with Gasteiger partial charge < -0.3 is 4.90 Å². The molecule has 0 amide bonds. The summed E-state index contributed by atoms with van der Waals surface area (Å²) in [5, 5.41) is 0. The Morgan fingerprint density at radius 1 is 1.68 bits per heavy atom. The highest BCUT2D eigenvalue weighted by molar-refractivity contribution is 7.90. The Kier molecular flexibility index (Phi) is 0.955. The van der Waals surface area contributed by atoms with Gasteiger partial charge in [-0.2, -0.15) is 0 Å². The molecule has 1 heterocycles. The second kappa shape index (κ2) is 6.06. The zero-order chi connectivity index (χ0) is 34.0. The van der Waals surface area contributed by atoms with Gasteiger partial charge >= 0.3 is 0 Å². The summed E-state index contributed by atoms with van der Waals surface area (Å²) in [6.45, 7) is -17.5. The third-order valence-electron chi connectivity index (χ3n) is 1.87. The molecule has 1 aromatic rings. The van der Waals surface area contributed by atoms with Crippen LogP contribution in [0.2, 0.25) is 0 Å². The number of hydrogen-bond acceptors (Lipinski definition) is 3. The number of benzene rings is 1. The first-order chi connectivity index (χ1) is 18.0. The van der Waals surface area contributed by atoms with E-state index in [-0.39, 0.29) is 0 Å². The molecule has 106 valence electrons. The van der Waals surface area contributed by atoms with Crippen LogP contribution in [0.25, 0.3) is 0 Å². The zero-order valence-corrected chi connectivity index (χ0v) is 9.99. The third-order valence-corrected chi connectivity index (χ3v) is 2.61. The molecular formula is C15H23NO2S. The molecule has 0 bridgehead atoms. The summed E-state index contributed by atoms with van der Waals surface area (Å²) in [4.78, 5) is -3.00. The van der Waals surface area contributed by atoms with Crippen molar-refractivity contribution in [2.45, 2.75) is 36.8 Å². The summed E-state index contributed by atoms with van der Waals surface area (Å²) in [6, 6.07) is -6.91. The summed E-state index contributed by atoms with van der Waals surface area (Å²) >= 11 is 0. The second-order valence-corrected chi connectivity index (χ2v) is 4.54. The van der Waals surface area contributed by atoms with E-state index in [1.165, 1.54) is 0 Å². The van der Waals surface area contributed by atoms with Gasteiger partial charge in [-0.15, -0.1) is 0 Å². The predicted octanol–water partition coefficient (Wildman–Crippen LogP) is 2.68. The normalized spacial score (nSPS) is 56.5. The molecule has 3 nitrogen and oxygen atoms in total. The first kappa shape index (κ1) is 3.00. The average Bonchev–Trinajstić information content (AvgIpc) is 2.73. The van der Waals surface area contributed by atoms with Crippen LogP contribution in [-0.2, 0) is 9.84 Å². The van der Waals surface area contributed by atoms with Crippen molar-refractivity contribution in [3.63, 3.8) is 0 Å². The molecule has 1 aromatic carbocycles. The van der Waals surface area contributed by atoms with E-state index in [2.05, 4.69) is 0 Å². The van der Waals surface area contributed by atoms with E-state index in [9.17, 15) is 8.42 Å². The highest BCUT2D eigenvalue weighted by atomic mass is 32.2. The molecule has 0 saturated carbocycles. The summed E-state index contributed by atoms with van der Waals surface area (Å²) in [5.74, 6) is -4.47. The van der Waals surface area contributed by atoms with E-state index in [4.69, 9.17) is 31.5 Å². The van der Waals surface area contributed by atoms with Crippen LogP contribution >= 0.6 is 0 Å². The van der Waals surface area contributed by atoms with Crippen molar-refractivity contribution in [3.05, 3.63) is 29.7 Å². The standard InChI is InChI=1S/C15H23NO2S/c1-3-9-16-10-5-7-14(12-16)13-6-4-8-15(11-13)19(2,17)18/h4,6,8,11,14H,3,5,7,9-10,12H2,1-2H3/t14-/m0/s1/i1D3,2D3,3D2,4D,5D2,6D,7D2,8D,9D2,10D2,11D,12D2,14D. The fraction of sp³-hybridized carbons (Fsp3) is 0.600. The van der Waals surface area contributed by atoms with Crippen LogP contribution in [0, 0.1) is 0 Å². The fourth-order valence-corrected chi connectivity index (χ4v) is 1.55. The minimum Gasteiger partial charge on any atom is -0.303 e. The Labute approximate surface area is 148 Å². The van der Waals surface area contributed by atoms with E-state index >= 15 is 0 Å². The Morgan fingerprint density at radius 3 is 3.37 bits per heavy atom. The van der Waals surface area contributed by atoms with Gasteiger partial charge in [-0.3, -0.25) is 0 Å². The van der Waals surface area contributed by atoms with Crippen LogP contribution in [0.5, 0.6) is 0 Å². The van der Waals surface area contributed by atoms with Gasteiger partial charge in [-0.25, -0.2) is 8.42 Å². The van der Waals surface area contributed by atoms with Crippen LogP contribution in [0.1, 0.15) is 69.0 Å². The minimum atomic E-state index is -5.87. The lowest BCUT2D eigenvalue weighted by atomic mass is 9.90. The summed E-state index contributed by atoms with van der Waals surface area (Å²) in [6.07, 6.45) is -17.2. The molecular weight excluding hydrogens is 258 g/mol. The second-order valence-electron chi connectivity index (χ2n) is 3.13. The maximum atomic E-state index is 12.8. The van der Waals surface area contributed by atoms with Crippen LogP contribution < -0.4 is 0 Å². The number of sulfone groups is 1. The van der Waals surface area contributed by atoms with E-state index in [1.54, 1.807) is 0 Å². The van der Waals surface area contributed by atoms with Gasteiger partial charge in [0.15, 0.2) is 9.84 Å². The Bertz CT molecular complexity index is 1390. The van der Waals surface area contributed by atoms with Crippen molar-refractivity contribution in [3.8, 4) is 0 Å². The molecule has 1 fully saturated rings. The third kappa shape index (κ3) is 3.80. The smallest absolute Gasteiger partial charge is 0.175 e. The van der Waals surface area contributed by atoms with Gasteiger partial charge in [-0.1, -0.05) is 18.9 Å². The molecule has 2 rings (SSSR count). The summed E-state index contributed by atoms with van der Waals surface area (Å²) in [7, 11) is -5.87. The fourth-order valence-electron chi connectivity index (χ4n) is 1.13. The van der Waals surface area contributed by atoms with E-state index < -0.39 is 107 Å². The Balaban J connectivity index is 3.35. The number of likely N-dealkylation sites (tertiary alicyclic amines) is 1. The van der Waals surface area contributed by atoms with Crippen LogP contribution in [0.3, 0.4) is 0 Å². The van der Waals surface area contributed by atoms with Crippen molar-refractivity contribution in [2.75, 3.05) is 25.7 Å². The lowest BCUT2D eigenvalue weighted by molar-refractivity contribution is 0.208. The van der Waals surface area contributed by atoms with Crippen molar-refractivity contribution >= 4 is 9.84 Å². The molecule has 1 aliphatic heterocycles. The van der Waals surface area contributed by atoms with Gasteiger partial charge in [0.05, 0.1) is 10.4 Å². The number of nitrogens with zero attached hydrogens (tertiary/aromatic N) is 1. The molecule has 0 aromatic heterocycles. The molecule has 0 spiro atoms. The number of piperidine rings is 1. The highest BCUT2D eigenvalue weighted by Crippen LogP contribution is 2.28. The van der Waals surface area contributed by atoms with E-state index in [0.717, 1.165) is 0 Å². The largest absolute Gasteiger partial charge is 0.303 e. The van der Waals surface area contributed by atoms with E-state index in [0.29, 0.717) is 0 Å². The summed E-state index contributed by atoms with van der Waals surface area (Å²) < 4.78 is 210. The van der Waals surface area contributed by atoms with Gasteiger partial charge in [0, 0.05) is 38.7 Å². The molecule has 1 atom stereocenters. The summed E-state index contributed by atoms with van der Waals surface area (Å²) in [5.41, 5.74) is -1.93. The first-order valence-corrected chi connectivity index (χ1v) is 6.15. The van der Waals surface area contributed by atoms with Gasteiger partial charge in [0.2, 0.25) is 0 Å². The molecule has 4 heteroatoms. The molecule has 0 N–H and O–H groups in total. The predicted molar refractivity (Wildman–Crippen MR) is 78.3 cm³/mol. The van der Waals surface area contributed by atoms with Gasteiger partial charge in [0.25, 0.3) is 0 Å². The maximum absolute atomic E-state index is 12.8. The van der Waals surface area contributed by atoms with Gasteiger partial charge in [0.1, 0.15) is 0 Å². The van der Waals surface area contributed by atoms with Crippen LogP contribution in [0.4, 0.5) is 0 Å². The Hall–Kier alpha value is -0.870. The molecule has 0 aliphatic carbocycles. The van der Waals surface area contributed by atoms with Crippen LogP contribution in [-0.4, -0.2) is 39.0 Å². The molecule has 0 unspecified atom stereocenters. The van der Waals surface area contributed by atoms with Gasteiger partial charge in [-0.05, 0) is 55.7 Å². The maximum Gasteiger partial charge on any atom is 0.175 e. The van der Waals surface area contributed by atoms with Crippen molar-refractivity contribution in [1.82, 2.24) is 4.90 Å².